The molecule has 21 heavy (non-hydrogen) atoms. The summed E-state index contributed by atoms with van der Waals surface area (Å²) in [4.78, 5) is 7.83. The number of para-hydroxylation sites is 1. The van der Waals surface area contributed by atoms with Crippen molar-refractivity contribution in [2.24, 2.45) is 0 Å². The number of fused-ring (bicyclic) bond motifs is 1. The summed E-state index contributed by atoms with van der Waals surface area (Å²) in [5.41, 5.74) is 9.04. The molecule has 0 amide bonds. The molecule has 0 spiro atoms. The smallest absolute Gasteiger partial charge is 0.171 e. The first-order valence-corrected chi connectivity index (χ1v) is 7.09. The van der Waals surface area contributed by atoms with Gasteiger partial charge in [0.05, 0.1) is 31.0 Å². The standard InChI is InChI=1S/C15H14BrN3O2/c1-20-12-5-3-4-9(14(12)21-2)15-18-11-7-8(16)6-10(17)13(11)19-15/h3-7H,17H2,1-2H3,(H,18,19). The number of hydrogen-bond donors (Lipinski definition) is 2. The van der Waals surface area contributed by atoms with Crippen LogP contribution in [0.25, 0.3) is 22.4 Å². The first-order valence-electron chi connectivity index (χ1n) is 6.30. The van der Waals surface area contributed by atoms with E-state index in [1.54, 1.807) is 14.2 Å². The van der Waals surface area contributed by atoms with Gasteiger partial charge in [0.2, 0.25) is 0 Å². The van der Waals surface area contributed by atoms with Crippen molar-refractivity contribution < 1.29 is 9.47 Å². The molecule has 1 aromatic heterocycles. The number of anilines is 1. The number of benzene rings is 2. The van der Waals surface area contributed by atoms with Crippen LogP contribution in [0.3, 0.4) is 0 Å². The van der Waals surface area contributed by atoms with Gasteiger partial charge in [-0.1, -0.05) is 22.0 Å². The molecule has 0 fully saturated rings. The fraction of sp³-hybridized carbons (Fsp3) is 0.133. The summed E-state index contributed by atoms with van der Waals surface area (Å²) in [6.45, 7) is 0. The highest BCUT2D eigenvalue weighted by atomic mass is 79.9. The maximum Gasteiger partial charge on any atom is 0.171 e. The molecule has 5 nitrogen and oxygen atoms in total. The van der Waals surface area contributed by atoms with Gasteiger partial charge in [-0.3, -0.25) is 0 Å². The number of aromatic nitrogens is 2. The number of imidazole rings is 1. The number of aromatic amines is 1. The van der Waals surface area contributed by atoms with E-state index in [4.69, 9.17) is 15.2 Å². The molecule has 0 unspecified atom stereocenters. The summed E-state index contributed by atoms with van der Waals surface area (Å²) in [5.74, 6) is 1.98. The van der Waals surface area contributed by atoms with Gasteiger partial charge in [-0.2, -0.15) is 0 Å². The van der Waals surface area contributed by atoms with Crippen molar-refractivity contribution in [3.8, 4) is 22.9 Å². The summed E-state index contributed by atoms with van der Waals surface area (Å²) < 4.78 is 11.7. The topological polar surface area (TPSA) is 73.2 Å². The summed E-state index contributed by atoms with van der Waals surface area (Å²) in [5, 5.41) is 0. The van der Waals surface area contributed by atoms with Crippen molar-refractivity contribution in [2.45, 2.75) is 0 Å². The lowest BCUT2D eigenvalue weighted by molar-refractivity contribution is 0.356. The molecule has 3 rings (SSSR count). The van der Waals surface area contributed by atoms with E-state index in [1.807, 2.05) is 30.3 Å². The van der Waals surface area contributed by atoms with E-state index < -0.39 is 0 Å². The average molecular weight is 348 g/mol. The zero-order chi connectivity index (χ0) is 15.0. The number of nitrogen functional groups attached to an aromatic ring is 1. The Bertz CT molecular complexity index is 814. The zero-order valence-electron chi connectivity index (χ0n) is 11.6. The van der Waals surface area contributed by atoms with Gasteiger partial charge in [-0.05, 0) is 24.3 Å². The SMILES string of the molecule is COc1cccc(-c2nc3c(N)cc(Br)cc3[nH]2)c1OC. The Morgan fingerprint density at radius 3 is 2.71 bits per heavy atom. The Morgan fingerprint density at radius 1 is 1.19 bits per heavy atom. The average Bonchev–Trinajstić information content (AvgIpc) is 2.90. The third-order valence-electron chi connectivity index (χ3n) is 3.24. The van der Waals surface area contributed by atoms with Crippen LogP contribution in [0.1, 0.15) is 0 Å². The molecule has 0 aliphatic rings. The first kappa shape index (κ1) is 13.8. The van der Waals surface area contributed by atoms with Crippen LogP contribution < -0.4 is 15.2 Å². The third kappa shape index (κ3) is 2.31. The molecule has 0 saturated carbocycles. The lowest BCUT2D eigenvalue weighted by Crippen LogP contribution is -1.93. The lowest BCUT2D eigenvalue weighted by Gasteiger charge is -2.10. The summed E-state index contributed by atoms with van der Waals surface area (Å²) in [6, 6.07) is 9.42. The molecule has 3 aromatic rings. The van der Waals surface area contributed by atoms with Crippen LogP contribution in [0.5, 0.6) is 11.5 Å². The number of nitrogens with zero attached hydrogens (tertiary/aromatic N) is 1. The minimum atomic E-state index is 0.615. The van der Waals surface area contributed by atoms with Gasteiger partial charge in [0.1, 0.15) is 11.3 Å². The summed E-state index contributed by atoms with van der Waals surface area (Å²) >= 11 is 3.43. The van der Waals surface area contributed by atoms with Gasteiger partial charge in [-0.15, -0.1) is 0 Å². The number of methoxy groups -OCH3 is 2. The Morgan fingerprint density at radius 2 is 2.00 bits per heavy atom. The second-order valence-corrected chi connectivity index (χ2v) is 5.43. The lowest BCUT2D eigenvalue weighted by atomic mass is 10.1. The molecular weight excluding hydrogens is 334 g/mol. The number of rotatable bonds is 3. The van der Waals surface area contributed by atoms with Crippen molar-refractivity contribution in [2.75, 3.05) is 20.0 Å². The molecule has 0 atom stereocenters. The first-order chi connectivity index (χ1) is 10.1. The highest BCUT2D eigenvalue weighted by Gasteiger charge is 2.15. The second kappa shape index (κ2) is 5.29. The molecular formula is C15H14BrN3O2. The molecule has 0 saturated heterocycles. The Kier molecular flexibility index (Phi) is 3.47. The highest BCUT2D eigenvalue weighted by molar-refractivity contribution is 9.10. The van der Waals surface area contributed by atoms with E-state index in [1.165, 1.54) is 0 Å². The van der Waals surface area contributed by atoms with Gasteiger partial charge in [0.25, 0.3) is 0 Å². The van der Waals surface area contributed by atoms with Crippen LogP contribution in [0.15, 0.2) is 34.8 Å². The monoisotopic (exact) mass is 347 g/mol. The fourth-order valence-electron chi connectivity index (χ4n) is 2.31. The predicted molar refractivity (Wildman–Crippen MR) is 86.7 cm³/mol. The number of nitrogens with one attached hydrogen (secondary N) is 1. The maximum atomic E-state index is 6.01. The van der Waals surface area contributed by atoms with Crippen LogP contribution in [-0.2, 0) is 0 Å². The van der Waals surface area contributed by atoms with Gasteiger partial charge in [0.15, 0.2) is 11.5 Å². The molecule has 3 N–H and O–H groups in total. The Labute approximate surface area is 130 Å². The normalized spacial score (nSPS) is 10.8. The largest absolute Gasteiger partial charge is 0.493 e. The fourth-order valence-corrected chi connectivity index (χ4v) is 2.78. The molecule has 6 heteroatoms. The minimum absolute atomic E-state index is 0.615. The van der Waals surface area contributed by atoms with Crippen LogP contribution in [0.2, 0.25) is 0 Å². The summed E-state index contributed by atoms with van der Waals surface area (Å²) in [6.07, 6.45) is 0. The molecule has 0 bridgehead atoms. The minimum Gasteiger partial charge on any atom is -0.493 e. The number of H-pyrrole nitrogens is 1. The van der Waals surface area contributed by atoms with E-state index in [2.05, 4.69) is 25.9 Å². The van der Waals surface area contributed by atoms with Crippen molar-refractivity contribution >= 4 is 32.7 Å². The molecule has 2 aromatic carbocycles. The van der Waals surface area contributed by atoms with Crippen LogP contribution in [-0.4, -0.2) is 24.2 Å². The maximum absolute atomic E-state index is 6.01. The van der Waals surface area contributed by atoms with E-state index in [9.17, 15) is 0 Å². The van der Waals surface area contributed by atoms with Gasteiger partial charge >= 0.3 is 0 Å². The van der Waals surface area contributed by atoms with Crippen molar-refractivity contribution in [1.29, 1.82) is 0 Å². The number of ether oxygens (including phenoxy) is 2. The van der Waals surface area contributed by atoms with Crippen molar-refractivity contribution in [3.63, 3.8) is 0 Å². The van der Waals surface area contributed by atoms with Crippen molar-refractivity contribution in [1.82, 2.24) is 9.97 Å². The summed E-state index contributed by atoms with van der Waals surface area (Å²) in [7, 11) is 3.21. The highest BCUT2D eigenvalue weighted by Crippen LogP contribution is 2.38. The molecule has 108 valence electrons. The van der Waals surface area contributed by atoms with Crippen LogP contribution in [0.4, 0.5) is 5.69 Å². The second-order valence-electron chi connectivity index (χ2n) is 4.52. The van der Waals surface area contributed by atoms with Gasteiger partial charge in [-0.25, -0.2) is 4.98 Å². The molecule has 0 radical (unpaired) electrons. The van der Waals surface area contributed by atoms with E-state index in [-0.39, 0.29) is 0 Å². The zero-order valence-corrected chi connectivity index (χ0v) is 13.2. The number of nitrogens with two attached hydrogens (primary N) is 1. The van der Waals surface area contributed by atoms with E-state index in [0.29, 0.717) is 23.0 Å². The number of hydrogen-bond acceptors (Lipinski definition) is 4. The van der Waals surface area contributed by atoms with Gasteiger partial charge in [0, 0.05) is 4.47 Å². The quantitative estimate of drug-likeness (QED) is 0.710. The molecule has 0 aliphatic heterocycles. The van der Waals surface area contributed by atoms with Gasteiger partial charge < -0.3 is 20.2 Å². The molecule has 0 aliphatic carbocycles. The Balaban J connectivity index is 2.23. The number of halogens is 1. The third-order valence-corrected chi connectivity index (χ3v) is 3.70. The van der Waals surface area contributed by atoms with Crippen molar-refractivity contribution in [3.05, 3.63) is 34.8 Å². The predicted octanol–water partition coefficient (Wildman–Crippen LogP) is 3.59. The Hall–Kier alpha value is -2.21. The van der Waals surface area contributed by atoms with E-state index in [0.717, 1.165) is 21.1 Å². The molecule has 1 heterocycles. The van der Waals surface area contributed by atoms with Crippen LogP contribution >= 0.6 is 15.9 Å². The van der Waals surface area contributed by atoms with E-state index >= 15 is 0 Å². The van der Waals surface area contributed by atoms with Crippen LogP contribution in [0, 0.1) is 0 Å².